The number of imidazole rings is 2. The van der Waals surface area contributed by atoms with E-state index < -0.39 is 10.1 Å². The number of fused-ring (bicyclic) bond motifs is 6. The fraction of sp³-hybridized carbons (Fsp3) is 0.143. The van der Waals surface area contributed by atoms with Crippen molar-refractivity contribution in [2.24, 2.45) is 0 Å². The van der Waals surface area contributed by atoms with Crippen molar-refractivity contribution >= 4 is 32.4 Å². The summed E-state index contributed by atoms with van der Waals surface area (Å²) in [5.41, 5.74) is 10.1. The maximum Gasteiger partial charge on any atom is 0.331 e. The molecule has 0 atom stereocenters. The molecule has 3 aromatic heterocycles. The van der Waals surface area contributed by atoms with Gasteiger partial charge in [-0.2, -0.15) is 4.40 Å². The van der Waals surface area contributed by atoms with E-state index in [1.807, 2.05) is 13.1 Å². The van der Waals surface area contributed by atoms with E-state index >= 15 is 0 Å². The lowest BCUT2D eigenvalue weighted by Gasteiger charge is -2.08. The Morgan fingerprint density at radius 2 is 1.30 bits per heavy atom. The van der Waals surface area contributed by atoms with E-state index in [1.54, 1.807) is 12.1 Å². The van der Waals surface area contributed by atoms with Gasteiger partial charge in [0.15, 0.2) is 11.2 Å². The third kappa shape index (κ3) is 5.55. The molecule has 3 heterocycles. The SMILES string of the molecule is CCCC[n+]1cc(-c2ccccc2)n2c3ccccc3n3c(-c4ccccc4)cnc3c21.Cc1ccc(S(=O)(=O)[O-])cc1. The van der Waals surface area contributed by atoms with E-state index in [2.05, 4.69) is 111 Å². The highest BCUT2D eigenvalue weighted by Crippen LogP contribution is 2.31. The predicted molar refractivity (Wildman–Crippen MR) is 169 cm³/mol. The van der Waals surface area contributed by atoms with Crippen LogP contribution in [0.1, 0.15) is 25.3 Å². The highest BCUT2D eigenvalue weighted by molar-refractivity contribution is 7.85. The number of benzene rings is 4. The molecule has 216 valence electrons. The average molecular weight is 589 g/mol. The molecule has 0 aliphatic heterocycles. The van der Waals surface area contributed by atoms with E-state index in [0.717, 1.165) is 47.5 Å². The van der Waals surface area contributed by atoms with Crippen LogP contribution >= 0.6 is 0 Å². The molecule has 7 rings (SSSR count). The van der Waals surface area contributed by atoms with E-state index in [0.29, 0.717) is 0 Å². The van der Waals surface area contributed by atoms with E-state index in [9.17, 15) is 13.0 Å². The maximum atomic E-state index is 10.4. The van der Waals surface area contributed by atoms with Gasteiger partial charge < -0.3 is 4.55 Å². The van der Waals surface area contributed by atoms with Crippen molar-refractivity contribution < 1.29 is 17.5 Å². The summed E-state index contributed by atoms with van der Waals surface area (Å²) in [7, 11) is -4.27. The molecule has 0 unspecified atom stereocenters. The molecule has 0 aliphatic carbocycles. The van der Waals surface area contributed by atoms with E-state index in [4.69, 9.17) is 4.98 Å². The molecule has 0 bridgehead atoms. The van der Waals surface area contributed by atoms with E-state index in [1.165, 1.54) is 34.5 Å². The third-order valence-corrected chi connectivity index (χ3v) is 8.38. The van der Waals surface area contributed by atoms with Crippen LogP contribution < -0.4 is 4.57 Å². The number of hydrogen-bond acceptors (Lipinski definition) is 4. The number of rotatable bonds is 6. The Labute approximate surface area is 251 Å². The fourth-order valence-corrected chi connectivity index (χ4v) is 5.88. The van der Waals surface area contributed by atoms with Crippen LogP contribution in [0.5, 0.6) is 0 Å². The monoisotopic (exact) mass is 588 g/mol. The lowest BCUT2D eigenvalue weighted by Crippen LogP contribution is -2.32. The zero-order valence-electron chi connectivity index (χ0n) is 24.1. The quantitative estimate of drug-likeness (QED) is 0.154. The fourth-order valence-electron chi connectivity index (χ4n) is 5.41. The largest absolute Gasteiger partial charge is 0.744 e. The van der Waals surface area contributed by atoms with Crippen molar-refractivity contribution in [3.05, 3.63) is 127 Å². The molecule has 8 heteroatoms. The molecule has 0 saturated carbocycles. The molecule has 0 radical (unpaired) electrons. The van der Waals surface area contributed by atoms with Crippen molar-refractivity contribution in [2.45, 2.75) is 38.1 Å². The highest BCUT2D eigenvalue weighted by atomic mass is 32.2. The van der Waals surface area contributed by atoms with Gasteiger partial charge in [0.1, 0.15) is 16.3 Å². The van der Waals surface area contributed by atoms with Crippen LogP contribution in [0.4, 0.5) is 0 Å². The van der Waals surface area contributed by atoms with Crippen LogP contribution in [0, 0.1) is 6.92 Å². The summed E-state index contributed by atoms with van der Waals surface area (Å²) in [5.74, 6) is 0. The zero-order valence-corrected chi connectivity index (χ0v) is 24.9. The maximum absolute atomic E-state index is 10.4. The number of para-hydroxylation sites is 2. The molecule has 43 heavy (non-hydrogen) atoms. The molecular formula is C35H32N4O3S. The third-order valence-electron chi connectivity index (χ3n) is 7.53. The van der Waals surface area contributed by atoms with Crippen LogP contribution in [0.2, 0.25) is 0 Å². The summed E-state index contributed by atoms with van der Waals surface area (Å²) in [6.45, 7) is 5.03. The van der Waals surface area contributed by atoms with Crippen molar-refractivity contribution in [1.82, 2.24) is 13.8 Å². The first kappa shape index (κ1) is 28.3. The van der Waals surface area contributed by atoms with Gasteiger partial charge >= 0.3 is 5.65 Å². The minimum Gasteiger partial charge on any atom is -0.744 e. The second-order valence-corrected chi connectivity index (χ2v) is 11.9. The van der Waals surface area contributed by atoms with Gasteiger partial charge in [0, 0.05) is 11.1 Å². The summed E-state index contributed by atoms with van der Waals surface area (Å²) < 4.78 is 38.3. The second kappa shape index (κ2) is 11.8. The van der Waals surface area contributed by atoms with Crippen molar-refractivity contribution in [3.8, 4) is 22.5 Å². The average Bonchev–Trinajstić information content (AvgIpc) is 3.64. The molecule has 0 N–H and O–H groups in total. The number of aryl methyl sites for hydroxylation is 2. The Kier molecular flexibility index (Phi) is 7.80. The van der Waals surface area contributed by atoms with Crippen LogP contribution in [-0.2, 0) is 16.7 Å². The first-order valence-corrected chi connectivity index (χ1v) is 15.7. The Bertz CT molecular complexity index is 2140. The second-order valence-electron chi connectivity index (χ2n) is 10.5. The minimum absolute atomic E-state index is 0.178. The first-order valence-electron chi connectivity index (χ1n) is 14.3. The van der Waals surface area contributed by atoms with Gasteiger partial charge in [-0.3, -0.25) is 4.40 Å². The summed E-state index contributed by atoms with van der Waals surface area (Å²) in [4.78, 5) is 4.79. The molecular weight excluding hydrogens is 556 g/mol. The molecule has 7 aromatic rings. The van der Waals surface area contributed by atoms with Gasteiger partial charge in [0.25, 0.3) is 0 Å². The van der Waals surface area contributed by atoms with Gasteiger partial charge in [0.05, 0.1) is 28.8 Å². The lowest BCUT2D eigenvalue weighted by molar-refractivity contribution is -0.670. The van der Waals surface area contributed by atoms with Crippen molar-refractivity contribution in [2.75, 3.05) is 0 Å². The predicted octanol–water partition coefficient (Wildman–Crippen LogP) is 7.06. The highest BCUT2D eigenvalue weighted by Gasteiger charge is 2.27. The molecule has 7 nitrogen and oxygen atoms in total. The lowest BCUT2D eigenvalue weighted by atomic mass is 10.1. The summed E-state index contributed by atoms with van der Waals surface area (Å²) in [6, 6.07) is 35.6. The molecule has 0 spiro atoms. The smallest absolute Gasteiger partial charge is 0.331 e. The number of nitrogens with zero attached hydrogens (tertiary/aromatic N) is 4. The van der Waals surface area contributed by atoms with Gasteiger partial charge in [-0.15, -0.1) is 0 Å². The molecule has 0 fully saturated rings. The molecule has 0 saturated heterocycles. The number of hydrogen-bond donors (Lipinski definition) is 0. The molecule has 0 aliphatic rings. The number of unbranched alkanes of at least 4 members (excludes halogenated alkanes) is 1. The summed E-state index contributed by atoms with van der Waals surface area (Å²) in [6.07, 6.45) is 6.59. The van der Waals surface area contributed by atoms with Crippen molar-refractivity contribution in [3.63, 3.8) is 0 Å². The Morgan fingerprint density at radius 1 is 0.744 bits per heavy atom. The van der Waals surface area contributed by atoms with Gasteiger partial charge in [-0.05, 0) is 37.6 Å². The molecule has 4 aromatic carbocycles. The topological polar surface area (TPSA) is 82.8 Å². The van der Waals surface area contributed by atoms with Crippen LogP contribution in [0.25, 0.3) is 44.8 Å². The zero-order chi connectivity index (χ0) is 30.0. The number of aromatic nitrogens is 4. The standard InChI is InChI=1S/C28H25N4.C7H8O3S/c1-2-3-18-30-20-26(22-14-8-5-9-15-22)32-24-17-11-10-16-23(24)31-25(19-29-27(31)28(30)32)21-12-6-4-7-13-21;1-6-2-4-7(5-3-6)11(8,9)10/h4-17,19-20H,2-3,18H2,1H3;2-5H,1H3,(H,8,9,10)/q+1;/p-1. The Balaban J connectivity index is 0.000000254. The first-order chi connectivity index (χ1) is 20.9. The van der Waals surface area contributed by atoms with Crippen LogP contribution in [-0.4, -0.2) is 26.8 Å². The minimum atomic E-state index is -4.27. The van der Waals surface area contributed by atoms with Gasteiger partial charge in [-0.1, -0.05) is 104 Å². The van der Waals surface area contributed by atoms with E-state index in [-0.39, 0.29) is 4.90 Å². The Morgan fingerprint density at radius 3 is 1.88 bits per heavy atom. The normalized spacial score (nSPS) is 11.6. The summed E-state index contributed by atoms with van der Waals surface area (Å²) >= 11 is 0. The van der Waals surface area contributed by atoms with Crippen molar-refractivity contribution in [1.29, 1.82) is 0 Å². The molecule has 0 amide bonds. The van der Waals surface area contributed by atoms with Gasteiger partial charge in [0.2, 0.25) is 5.65 Å². The van der Waals surface area contributed by atoms with Crippen LogP contribution in [0.3, 0.4) is 0 Å². The Hall–Kier alpha value is -4.79. The van der Waals surface area contributed by atoms with Gasteiger partial charge in [-0.25, -0.2) is 18.0 Å². The van der Waals surface area contributed by atoms with Crippen LogP contribution in [0.15, 0.2) is 126 Å². The summed E-state index contributed by atoms with van der Waals surface area (Å²) in [5, 5.41) is 0.